The van der Waals surface area contributed by atoms with Gasteiger partial charge in [0.15, 0.2) is 0 Å². The molecule has 3 rings (SSSR count). The van der Waals surface area contributed by atoms with Crippen molar-refractivity contribution in [2.45, 2.75) is 6.04 Å². The van der Waals surface area contributed by atoms with E-state index in [4.69, 9.17) is 20.2 Å². The van der Waals surface area contributed by atoms with E-state index in [2.05, 4.69) is 5.32 Å². The summed E-state index contributed by atoms with van der Waals surface area (Å²) in [5, 5.41) is 2.60. The van der Waals surface area contributed by atoms with Crippen LogP contribution in [0.15, 0.2) is 18.2 Å². The van der Waals surface area contributed by atoms with Gasteiger partial charge >= 0.3 is 6.09 Å². The maximum absolute atomic E-state index is 14.6. The lowest BCUT2D eigenvalue weighted by Gasteiger charge is -2.29. The Bertz CT molecular complexity index is 675. The van der Waals surface area contributed by atoms with Crippen LogP contribution >= 0.6 is 21.7 Å². The molecular weight excluding hydrogens is 385 g/mol. The Morgan fingerprint density at radius 1 is 1.38 bits per heavy atom. The molecule has 1 aromatic rings. The third-order valence-corrected chi connectivity index (χ3v) is 5.01. The first-order chi connectivity index (χ1) is 12.6. The van der Waals surface area contributed by atoms with Crippen LogP contribution in [-0.4, -0.2) is 62.2 Å². The van der Waals surface area contributed by atoms with Crippen molar-refractivity contribution in [3.63, 3.8) is 0 Å². The fourth-order valence-corrected chi connectivity index (χ4v) is 3.46. The molecule has 2 amide bonds. The quantitative estimate of drug-likeness (QED) is 0.784. The van der Waals surface area contributed by atoms with Gasteiger partial charge in [-0.1, -0.05) is 6.07 Å². The summed E-state index contributed by atoms with van der Waals surface area (Å²) in [6.07, 6.45) is -0.550. The van der Waals surface area contributed by atoms with Gasteiger partial charge in [-0.2, -0.15) is 0 Å². The van der Waals surface area contributed by atoms with Crippen molar-refractivity contribution < 1.29 is 23.5 Å². The molecule has 2 saturated heterocycles. The first-order valence-electron chi connectivity index (χ1n) is 8.16. The molecule has 1 aromatic carbocycles. The number of morpholine rings is 1. The van der Waals surface area contributed by atoms with Crippen molar-refractivity contribution in [2.24, 2.45) is 0 Å². The number of hydrogen-bond donors (Lipinski definition) is 1. The Hall–Kier alpha value is -1.71. The van der Waals surface area contributed by atoms with Gasteiger partial charge in [-0.3, -0.25) is 9.69 Å². The molecule has 0 bridgehead atoms. The number of rotatable bonds is 6. The van der Waals surface area contributed by atoms with Gasteiger partial charge in [0.25, 0.3) is 0 Å². The Kier molecular flexibility index (Phi) is 6.44. The smallest absolute Gasteiger partial charge is 0.411 e. The van der Waals surface area contributed by atoms with Gasteiger partial charge in [-0.15, -0.1) is 0 Å². The summed E-state index contributed by atoms with van der Waals surface area (Å²) in [7, 11) is 6.31. The second-order valence-electron chi connectivity index (χ2n) is 5.88. The molecule has 1 N–H and O–H groups in total. The van der Waals surface area contributed by atoms with Gasteiger partial charge in [0.05, 0.1) is 37.4 Å². The van der Waals surface area contributed by atoms with Crippen LogP contribution in [0, 0.1) is 5.82 Å². The largest absolute Gasteiger partial charge is 0.447 e. The molecule has 0 aromatic heterocycles. The number of hydrogen-bond acceptors (Lipinski definition) is 6. The molecule has 0 unspecified atom stereocenters. The van der Waals surface area contributed by atoms with E-state index in [1.54, 1.807) is 12.1 Å². The molecular formula is C16H19ClFN3O4S. The molecule has 2 fully saturated rings. The van der Waals surface area contributed by atoms with Crippen molar-refractivity contribution in [1.29, 1.82) is 0 Å². The van der Waals surface area contributed by atoms with Gasteiger partial charge in [-0.25, -0.2) is 9.18 Å². The highest BCUT2D eigenvalue weighted by molar-refractivity contribution is 8.21. The predicted octanol–water partition coefficient (Wildman–Crippen LogP) is 2.12. The van der Waals surface area contributed by atoms with Crippen molar-refractivity contribution in [3.05, 3.63) is 29.6 Å². The molecule has 2 heterocycles. The van der Waals surface area contributed by atoms with Crippen molar-refractivity contribution in [3.8, 4) is 0 Å². The normalized spacial score (nSPS) is 20.2. The third-order valence-electron chi connectivity index (χ3n) is 4.32. The topological polar surface area (TPSA) is 71.1 Å². The van der Waals surface area contributed by atoms with Crippen LogP contribution in [0.25, 0.3) is 0 Å². The van der Waals surface area contributed by atoms with E-state index >= 15 is 0 Å². The van der Waals surface area contributed by atoms with Crippen molar-refractivity contribution in [1.82, 2.24) is 10.2 Å². The summed E-state index contributed by atoms with van der Waals surface area (Å²) in [5.74, 6) is -0.568. The number of amides is 2. The minimum Gasteiger partial charge on any atom is -0.447 e. The Balaban J connectivity index is 1.71. The van der Waals surface area contributed by atoms with Crippen LogP contribution < -0.4 is 10.2 Å². The highest BCUT2D eigenvalue weighted by Gasteiger charge is 2.34. The average molecular weight is 404 g/mol. The Morgan fingerprint density at radius 2 is 2.15 bits per heavy atom. The number of ether oxygens (including phenoxy) is 2. The molecule has 7 nitrogen and oxygen atoms in total. The fourth-order valence-electron chi connectivity index (χ4n) is 2.97. The molecule has 0 aliphatic carbocycles. The van der Waals surface area contributed by atoms with Crippen molar-refractivity contribution in [2.75, 3.05) is 50.2 Å². The molecule has 0 saturated carbocycles. The average Bonchev–Trinajstić information content (AvgIpc) is 3.01. The maximum atomic E-state index is 14.6. The van der Waals surface area contributed by atoms with Gasteiger partial charge in [0.1, 0.15) is 12.4 Å². The zero-order chi connectivity index (χ0) is 18.5. The predicted molar refractivity (Wildman–Crippen MR) is 96.7 cm³/mol. The first kappa shape index (κ1) is 19.1. The van der Waals surface area contributed by atoms with Crippen molar-refractivity contribution >= 4 is 39.3 Å². The molecule has 0 radical (unpaired) electrons. The summed E-state index contributed by atoms with van der Waals surface area (Å²) in [6, 6.07) is 4.45. The molecule has 1 atom stereocenters. The first-order valence-corrected chi connectivity index (χ1v) is 9.97. The number of nitrogens with one attached hydrogen (secondary N) is 1. The Morgan fingerprint density at radius 3 is 2.85 bits per heavy atom. The number of cyclic esters (lactones) is 1. The zero-order valence-electron chi connectivity index (χ0n) is 14.0. The lowest BCUT2D eigenvalue weighted by molar-refractivity contribution is -0.119. The van der Waals surface area contributed by atoms with Crippen LogP contribution in [0.1, 0.15) is 11.6 Å². The van der Waals surface area contributed by atoms with Crippen LogP contribution in [0.5, 0.6) is 0 Å². The van der Waals surface area contributed by atoms with Crippen LogP contribution in [-0.2, 0) is 14.3 Å². The van der Waals surface area contributed by atoms with E-state index in [0.29, 0.717) is 37.6 Å². The second kappa shape index (κ2) is 8.79. The number of nitrogens with zero attached hydrogens (tertiary/aromatic N) is 2. The molecule has 2 aliphatic rings. The summed E-state index contributed by atoms with van der Waals surface area (Å²) in [5.41, 5.74) is 1.13. The standard InChI is InChI=1S/C16H19ClFN3O4S/c17-26-9-15(22)19-10-21-14(8-25-16(21)23)11-1-2-13(12(18)7-11)20-3-5-24-6-4-20/h1-2,7,14H,3-6,8-10H2,(H,19,22)/t14-/m1/s1. The third kappa shape index (κ3) is 4.33. The van der Waals surface area contributed by atoms with Gasteiger partial charge in [0, 0.05) is 13.1 Å². The summed E-state index contributed by atoms with van der Waals surface area (Å²) >= 11 is 0. The number of halogens is 2. The number of anilines is 1. The fraction of sp³-hybridized carbons (Fsp3) is 0.500. The molecule has 2 aliphatic heterocycles. The summed E-state index contributed by atoms with van der Waals surface area (Å²) in [4.78, 5) is 26.8. The molecule has 0 spiro atoms. The number of carbonyl (C=O) groups excluding carboxylic acids is 2. The van der Waals surface area contributed by atoms with Gasteiger partial charge in [0.2, 0.25) is 5.91 Å². The van der Waals surface area contributed by atoms with Crippen LogP contribution in [0.4, 0.5) is 14.9 Å². The zero-order valence-corrected chi connectivity index (χ0v) is 15.5. The molecule has 10 heteroatoms. The van der Waals surface area contributed by atoms with Gasteiger partial charge in [-0.05, 0) is 39.4 Å². The summed E-state index contributed by atoms with van der Waals surface area (Å²) < 4.78 is 25.0. The lowest BCUT2D eigenvalue weighted by atomic mass is 10.1. The lowest BCUT2D eigenvalue weighted by Crippen LogP contribution is -2.40. The van der Waals surface area contributed by atoms with E-state index in [1.807, 2.05) is 4.90 Å². The second-order valence-corrected chi connectivity index (χ2v) is 7.05. The number of benzene rings is 1. The van der Waals surface area contributed by atoms with E-state index in [0.717, 1.165) is 11.0 Å². The monoisotopic (exact) mass is 403 g/mol. The molecule has 26 heavy (non-hydrogen) atoms. The summed E-state index contributed by atoms with van der Waals surface area (Å²) in [6.45, 7) is 2.50. The maximum Gasteiger partial charge on any atom is 0.411 e. The SMILES string of the molecule is O=C(CSCl)NCN1C(=O)OC[C@@H]1c1ccc(N2CCOCC2)c(F)c1. The minimum atomic E-state index is -0.550. The highest BCUT2D eigenvalue weighted by atomic mass is 35.7. The highest BCUT2D eigenvalue weighted by Crippen LogP contribution is 2.30. The Labute approximate surface area is 159 Å². The molecule has 142 valence electrons. The number of carbonyl (C=O) groups is 2. The minimum absolute atomic E-state index is 0.0212. The van der Waals surface area contributed by atoms with Crippen LogP contribution in [0.2, 0.25) is 0 Å². The van der Waals surface area contributed by atoms with E-state index in [9.17, 15) is 14.0 Å². The van der Waals surface area contributed by atoms with E-state index < -0.39 is 12.1 Å². The van der Waals surface area contributed by atoms with Gasteiger partial charge < -0.3 is 19.7 Å². The van der Waals surface area contributed by atoms with E-state index in [-0.39, 0.29) is 30.8 Å². The van der Waals surface area contributed by atoms with Crippen LogP contribution in [0.3, 0.4) is 0 Å². The van der Waals surface area contributed by atoms with E-state index in [1.165, 1.54) is 11.0 Å².